The first-order chi connectivity index (χ1) is 13.8. The van der Waals surface area contributed by atoms with E-state index < -0.39 is 0 Å². The molecule has 0 radical (unpaired) electrons. The van der Waals surface area contributed by atoms with E-state index in [1.165, 1.54) is 0 Å². The maximum atomic E-state index is 9.23. The Hall–Kier alpha value is -4.49. The third kappa shape index (κ3) is 1.72. The van der Waals surface area contributed by atoms with Crippen LogP contribution >= 0.6 is 0 Å². The van der Waals surface area contributed by atoms with Gasteiger partial charge in [-0.25, -0.2) is 19.9 Å². The minimum Gasteiger partial charge on any atom is -0.256 e. The maximum Gasteiger partial charge on any atom is 0.199 e. The lowest BCUT2D eigenvalue weighted by atomic mass is 10.0. The molecule has 126 valence electrons. The molecule has 6 rings (SSSR count). The Kier molecular flexibility index (Phi) is 2.63. The van der Waals surface area contributed by atoms with Gasteiger partial charge in [-0.15, -0.1) is 0 Å². The summed E-state index contributed by atoms with van der Waals surface area (Å²) >= 11 is 0. The van der Waals surface area contributed by atoms with Gasteiger partial charge in [0, 0.05) is 33.5 Å². The molecule has 5 aromatic rings. The lowest BCUT2D eigenvalue weighted by Gasteiger charge is -2.05. The summed E-state index contributed by atoms with van der Waals surface area (Å²) in [7, 11) is 0. The van der Waals surface area contributed by atoms with Crippen LogP contribution in [-0.2, 0) is 0 Å². The average molecular weight is 357 g/mol. The standard InChI is InChI=1S/C21H7N7/c22-8-14-15(9-23)26-21-20(25-14)27-18-12-5-1-4-11-16(12)13(19(18)28-21)7-10-3-2-6-24-17(10)11/h1-7H. The number of nitriles is 2. The van der Waals surface area contributed by atoms with Gasteiger partial charge in [-0.2, -0.15) is 10.5 Å². The summed E-state index contributed by atoms with van der Waals surface area (Å²) in [5.74, 6) is 0. The molecule has 28 heavy (non-hydrogen) atoms. The highest BCUT2D eigenvalue weighted by molar-refractivity contribution is 6.21. The van der Waals surface area contributed by atoms with Crippen molar-refractivity contribution in [1.29, 1.82) is 10.5 Å². The summed E-state index contributed by atoms with van der Waals surface area (Å²) in [6.45, 7) is 0. The van der Waals surface area contributed by atoms with Crippen LogP contribution in [0.1, 0.15) is 11.4 Å². The number of hydrogen-bond acceptors (Lipinski definition) is 7. The molecule has 3 heterocycles. The van der Waals surface area contributed by atoms with Gasteiger partial charge in [-0.3, -0.25) is 4.98 Å². The van der Waals surface area contributed by atoms with Crippen molar-refractivity contribution < 1.29 is 0 Å². The maximum absolute atomic E-state index is 9.23. The van der Waals surface area contributed by atoms with E-state index in [-0.39, 0.29) is 22.7 Å². The molecule has 0 saturated carbocycles. The van der Waals surface area contributed by atoms with Crippen LogP contribution in [0.2, 0.25) is 0 Å². The van der Waals surface area contributed by atoms with Crippen LogP contribution in [0.3, 0.4) is 0 Å². The highest BCUT2D eigenvalue weighted by atomic mass is 15.0. The van der Waals surface area contributed by atoms with Crippen molar-refractivity contribution in [3.8, 4) is 34.7 Å². The third-order valence-corrected chi connectivity index (χ3v) is 4.97. The van der Waals surface area contributed by atoms with Crippen molar-refractivity contribution >= 4 is 33.0 Å². The summed E-state index contributed by atoms with van der Waals surface area (Å²) in [6, 6.07) is 15.8. The fraction of sp³-hybridized carbons (Fsp3) is 0. The van der Waals surface area contributed by atoms with E-state index in [1.807, 2.05) is 42.5 Å². The number of benzene rings is 2. The Labute approximate surface area is 157 Å². The Balaban J connectivity index is 1.79. The molecule has 0 fully saturated rings. The number of fused-ring (bicyclic) bond motifs is 6. The van der Waals surface area contributed by atoms with E-state index in [9.17, 15) is 10.5 Å². The van der Waals surface area contributed by atoms with Crippen molar-refractivity contribution in [2.24, 2.45) is 0 Å². The number of rotatable bonds is 0. The fourth-order valence-corrected chi connectivity index (χ4v) is 3.83. The van der Waals surface area contributed by atoms with Gasteiger partial charge < -0.3 is 0 Å². The Morgan fingerprint density at radius 1 is 0.750 bits per heavy atom. The zero-order valence-electron chi connectivity index (χ0n) is 14.2. The Bertz CT molecular complexity index is 1590. The van der Waals surface area contributed by atoms with Crippen LogP contribution in [0, 0.1) is 22.7 Å². The van der Waals surface area contributed by atoms with Gasteiger partial charge in [0.05, 0.1) is 16.9 Å². The molecular weight excluding hydrogens is 350 g/mol. The minimum absolute atomic E-state index is 0.0482. The normalized spacial score (nSPS) is 11.5. The predicted molar refractivity (Wildman–Crippen MR) is 102 cm³/mol. The van der Waals surface area contributed by atoms with Crippen LogP contribution in [-0.4, -0.2) is 24.9 Å². The average Bonchev–Trinajstić information content (AvgIpc) is 3.05. The number of aromatic nitrogens is 5. The number of hydrogen-bond donors (Lipinski definition) is 0. The first kappa shape index (κ1) is 14.7. The van der Waals surface area contributed by atoms with E-state index in [0.29, 0.717) is 11.4 Å². The summed E-state index contributed by atoms with van der Waals surface area (Å²) in [5.41, 5.74) is 4.65. The van der Waals surface area contributed by atoms with Gasteiger partial charge in [-0.05, 0) is 12.1 Å². The molecule has 7 nitrogen and oxygen atoms in total. The van der Waals surface area contributed by atoms with Crippen LogP contribution in [0.4, 0.5) is 0 Å². The molecule has 1 aliphatic rings. The zero-order chi connectivity index (χ0) is 18.8. The van der Waals surface area contributed by atoms with Gasteiger partial charge >= 0.3 is 0 Å². The van der Waals surface area contributed by atoms with Crippen molar-refractivity contribution in [2.45, 2.75) is 0 Å². The van der Waals surface area contributed by atoms with Crippen molar-refractivity contribution in [3.05, 3.63) is 54.0 Å². The van der Waals surface area contributed by atoms with Crippen LogP contribution in [0.25, 0.3) is 55.5 Å². The molecule has 2 aromatic carbocycles. The molecule has 1 aliphatic carbocycles. The van der Waals surface area contributed by atoms with Crippen molar-refractivity contribution in [3.63, 3.8) is 0 Å². The third-order valence-electron chi connectivity index (χ3n) is 4.97. The van der Waals surface area contributed by atoms with E-state index in [1.54, 1.807) is 6.20 Å². The molecule has 0 spiro atoms. The quantitative estimate of drug-likeness (QED) is 0.382. The fourth-order valence-electron chi connectivity index (χ4n) is 3.83. The van der Waals surface area contributed by atoms with Gasteiger partial charge in [0.25, 0.3) is 0 Å². The van der Waals surface area contributed by atoms with Gasteiger partial charge in [0.15, 0.2) is 22.7 Å². The molecular formula is C21H7N7. The number of pyridine rings is 1. The van der Waals surface area contributed by atoms with Crippen molar-refractivity contribution in [1.82, 2.24) is 24.9 Å². The van der Waals surface area contributed by atoms with E-state index >= 15 is 0 Å². The topological polar surface area (TPSA) is 112 Å². The summed E-state index contributed by atoms with van der Waals surface area (Å²) in [6.07, 6.45) is 1.78. The number of nitrogens with zero attached hydrogens (tertiary/aromatic N) is 7. The molecule has 7 heteroatoms. The second kappa shape index (κ2) is 5.03. The molecule has 0 amide bonds. The summed E-state index contributed by atoms with van der Waals surface area (Å²) in [5, 5.41) is 21.5. The monoisotopic (exact) mass is 357 g/mol. The lowest BCUT2D eigenvalue weighted by molar-refractivity contribution is 1.12. The van der Waals surface area contributed by atoms with Gasteiger partial charge in [-0.1, -0.05) is 24.3 Å². The molecule has 3 aromatic heterocycles. The van der Waals surface area contributed by atoms with Crippen LogP contribution < -0.4 is 0 Å². The molecule has 0 saturated heterocycles. The Morgan fingerprint density at radius 2 is 1.46 bits per heavy atom. The second-order valence-corrected chi connectivity index (χ2v) is 6.44. The minimum atomic E-state index is -0.0485. The smallest absolute Gasteiger partial charge is 0.199 e. The lowest BCUT2D eigenvalue weighted by Crippen LogP contribution is -2.01. The molecule has 0 aliphatic heterocycles. The van der Waals surface area contributed by atoms with Crippen LogP contribution in [0.15, 0.2) is 42.6 Å². The van der Waals surface area contributed by atoms with Crippen molar-refractivity contribution in [2.75, 3.05) is 0 Å². The molecule has 0 N–H and O–H groups in total. The highest BCUT2D eigenvalue weighted by Gasteiger charge is 2.27. The second-order valence-electron chi connectivity index (χ2n) is 6.44. The van der Waals surface area contributed by atoms with E-state index in [2.05, 4.69) is 31.0 Å². The Morgan fingerprint density at radius 3 is 2.18 bits per heavy atom. The largest absolute Gasteiger partial charge is 0.256 e. The van der Waals surface area contributed by atoms with Crippen LogP contribution in [0.5, 0.6) is 0 Å². The molecule has 0 atom stereocenters. The summed E-state index contributed by atoms with van der Waals surface area (Å²) < 4.78 is 0. The SMILES string of the molecule is N#Cc1nc2nc3c(nc2nc1C#N)-c1cc2cccnc2c2cccc-3c12. The van der Waals surface area contributed by atoms with Gasteiger partial charge in [0.2, 0.25) is 0 Å². The summed E-state index contributed by atoms with van der Waals surface area (Å²) in [4.78, 5) is 22.3. The molecule has 0 unspecified atom stereocenters. The zero-order valence-corrected chi connectivity index (χ0v) is 14.2. The predicted octanol–water partition coefficient (Wildman–Crippen LogP) is 3.51. The van der Waals surface area contributed by atoms with E-state index in [0.717, 1.165) is 32.8 Å². The first-order valence-corrected chi connectivity index (χ1v) is 8.49. The highest BCUT2D eigenvalue weighted by Crippen LogP contribution is 2.47. The molecule has 0 bridgehead atoms. The van der Waals surface area contributed by atoms with Gasteiger partial charge in [0.1, 0.15) is 12.1 Å². The van der Waals surface area contributed by atoms with E-state index in [4.69, 9.17) is 0 Å². The first-order valence-electron chi connectivity index (χ1n) is 8.49.